The molecule has 1 fully saturated rings. The van der Waals surface area contributed by atoms with Crippen molar-refractivity contribution in [2.75, 3.05) is 20.1 Å². The standard InChI is InChI=1S/C22H34N4O3S2/c1-7-26(8-2)22(27)20-15(3)23-21(30-20)18-14-19(16(4)24(18)5)31(28,29)25(6)17-12-10-9-11-13-17/h14,17H,7-13H2,1-6H3. The quantitative estimate of drug-likeness (QED) is 0.613. The second-order valence-corrected chi connectivity index (χ2v) is 11.2. The number of nitrogens with zero attached hydrogens (tertiary/aromatic N) is 4. The number of carbonyl (C=O) groups excluding carboxylic acids is 1. The summed E-state index contributed by atoms with van der Waals surface area (Å²) < 4.78 is 30.3. The van der Waals surface area contributed by atoms with Gasteiger partial charge in [-0.1, -0.05) is 19.3 Å². The zero-order valence-electron chi connectivity index (χ0n) is 19.4. The molecular formula is C22H34N4O3S2. The number of thiazole rings is 1. The Balaban J connectivity index is 1.98. The number of aromatic nitrogens is 2. The highest BCUT2D eigenvalue weighted by molar-refractivity contribution is 7.89. The average molecular weight is 467 g/mol. The first-order valence-corrected chi connectivity index (χ1v) is 13.3. The first-order chi connectivity index (χ1) is 14.6. The van der Waals surface area contributed by atoms with Crippen LogP contribution in [0.5, 0.6) is 0 Å². The fraction of sp³-hybridized carbons (Fsp3) is 0.636. The van der Waals surface area contributed by atoms with Crippen molar-refractivity contribution in [3.05, 3.63) is 22.3 Å². The smallest absolute Gasteiger partial charge is 0.265 e. The third kappa shape index (κ3) is 4.45. The minimum Gasteiger partial charge on any atom is -0.345 e. The van der Waals surface area contributed by atoms with Gasteiger partial charge in [0.2, 0.25) is 10.0 Å². The van der Waals surface area contributed by atoms with Crippen LogP contribution in [0.4, 0.5) is 0 Å². The van der Waals surface area contributed by atoms with E-state index in [1.165, 1.54) is 17.8 Å². The molecule has 1 aliphatic rings. The molecule has 7 nitrogen and oxygen atoms in total. The van der Waals surface area contributed by atoms with E-state index < -0.39 is 10.0 Å². The first kappa shape index (κ1) is 23.9. The summed E-state index contributed by atoms with van der Waals surface area (Å²) >= 11 is 1.33. The van der Waals surface area contributed by atoms with E-state index in [0.717, 1.165) is 31.4 Å². The molecule has 172 valence electrons. The molecule has 0 saturated heterocycles. The van der Waals surface area contributed by atoms with E-state index in [9.17, 15) is 13.2 Å². The Bertz CT molecular complexity index is 1050. The lowest BCUT2D eigenvalue weighted by Crippen LogP contribution is -2.38. The summed E-state index contributed by atoms with van der Waals surface area (Å²) in [5.74, 6) is -0.0259. The predicted molar refractivity (Wildman–Crippen MR) is 125 cm³/mol. The minimum absolute atomic E-state index is 0.0259. The van der Waals surface area contributed by atoms with Crippen LogP contribution in [0, 0.1) is 13.8 Å². The van der Waals surface area contributed by atoms with Gasteiger partial charge in [0.1, 0.15) is 14.8 Å². The van der Waals surface area contributed by atoms with E-state index in [2.05, 4.69) is 4.98 Å². The molecular weight excluding hydrogens is 432 g/mol. The van der Waals surface area contributed by atoms with Gasteiger partial charge in [-0.15, -0.1) is 11.3 Å². The molecule has 0 aliphatic heterocycles. The van der Waals surface area contributed by atoms with Gasteiger partial charge in [0.05, 0.1) is 11.4 Å². The second kappa shape index (κ2) is 9.42. The van der Waals surface area contributed by atoms with Crippen molar-refractivity contribution in [2.24, 2.45) is 7.05 Å². The number of amides is 1. The van der Waals surface area contributed by atoms with Crippen molar-refractivity contribution in [3.8, 4) is 10.7 Å². The zero-order chi connectivity index (χ0) is 22.9. The maximum absolute atomic E-state index is 13.4. The Morgan fingerprint density at radius 1 is 1.19 bits per heavy atom. The van der Waals surface area contributed by atoms with Crippen LogP contribution in [0.1, 0.15) is 67.0 Å². The van der Waals surface area contributed by atoms with Gasteiger partial charge in [0, 0.05) is 38.9 Å². The van der Waals surface area contributed by atoms with Crippen molar-refractivity contribution in [2.45, 2.75) is 70.7 Å². The van der Waals surface area contributed by atoms with Crippen LogP contribution >= 0.6 is 11.3 Å². The molecule has 0 atom stereocenters. The molecule has 0 N–H and O–H groups in total. The van der Waals surface area contributed by atoms with E-state index in [4.69, 9.17) is 0 Å². The Labute approximate surface area is 190 Å². The SMILES string of the molecule is CCN(CC)C(=O)c1sc(-c2cc(S(=O)(=O)N(C)C3CCCCC3)c(C)n2C)nc1C. The first-order valence-electron chi connectivity index (χ1n) is 11.0. The molecule has 2 heterocycles. The molecule has 0 unspecified atom stereocenters. The van der Waals surface area contributed by atoms with Gasteiger partial charge in [0.15, 0.2) is 0 Å². The van der Waals surface area contributed by atoms with Gasteiger partial charge in [-0.05, 0) is 46.6 Å². The maximum Gasteiger partial charge on any atom is 0.265 e. The molecule has 1 aliphatic carbocycles. The number of rotatable bonds is 7. The molecule has 2 aromatic rings. The highest BCUT2D eigenvalue weighted by Crippen LogP contribution is 2.35. The zero-order valence-corrected chi connectivity index (χ0v) is 21.1. The molecule has 3 rings (SSSR count). The monoisotopic (exact) mass is 466 g/mol. The minimum atomic E-state index is -3.61. The Morgan fingerprint density at radius 2 is 1.81 bits per heavy atom. The highest BCUT2D eigenvalue weighted by atomic mass is 32.2. The van der Waals surface area contributed by atoms with Gasteiger partial charge in [-0.3, -0.25) is 4.79 Å². The number of carbonyl (C=O) groups is 1. The number of aryl methyl sites for hydroxylation is 1. The maximum atomic E-state index is 13.4. The molecule has 0 spiro atoms. The summed E-state index contributed by atoms with van der Waals surface area (Å²) in [5, 5.41) is 0.667. The lowest BCUT2D eigenvalue weighted by molar-refractivity contribution is 0.0777. The third-order valence-corrected chi connectivity index (χ3v) is 9.69. The van der Waals surface area contributed by atoms with Crippen molar-refractivity contribution in [1.82, 2.24) is 18.8 Å². The largest absolute Gasteiger partial charge is 0.345 e. The summed E-state index contributed by atoms with van der Waals surface area (Å²) in [6, 6.07) is 1.77. The van der Waals surface area contributed by atoms with Crippen molar-refractivity contribution < 1.29 is 13.2 Å². The molecule has 9 heteroatoms. The summed E-state index contributed by atoms with van der Waals surface area (Å²) in [7, 11) is -0.0514. The van der Waals surface area contributed by atoms with Crippen LogP contribution < -0.4 is 0 Å². The number of sulfonamides is 1. The van der Waals surface area contributed by atoms with Gasteiger partial charge >= 0.3 is 0 Å². The molecule has 31 heavy (non-hydrogen) atoms. The topological polar surface area (TPSA) is 75.5 Å². The number of hydrogen-bond donors (Lipinski definition) is 0. The summed E-state index contributed by atoms with van der Waals surface area (Å²) in [4.78, 5) is 20.2. The summed E-state index contributed by atoms with van der Waals surface area (Å²) in [5.41, 5.74) is 2.08. The fourth-order valence-corrected chi connectivity index (χ4v) is 7.06. The Kier molecular flexibility index (Phi) is 7.28. The fourth-order valence-electron chi connectivity index (χ4n) is 4.29. The summed E-state index contributed by atoms with van der Waals surface area (Å²) in [6.45, 7) is 8.86. The van der Waals surface area contributed by atoms with Gasteiger partial charge in [-0.2, -0.15) is 4.31 Å². The van der Waals surface area contributed by atoms with Crippen LogP contribution in [0.25, 0.3) is 10.7 Å². The van der Waals surface area contributed by atoms with Crippen LogP contribution in [-0.2, 0) is 17.1 Å². The lowest BCUT2D eigenvalue weighted by Gasteiger charge is -2.30. The third-order valence-electron chi connectivity index (χ3n) is 6.50. The predicted octanol–water partition coefficient (Wildman–Crippen LogP) is 4.20. The van der Waals surface area contributed by atoms with E-state index in [1.807, 2.05) is 39.3 Å². The van der Waals surface area contributed by atoms with Crippen LogP contribution in [0.15, 0.2) is 11.0 Å². The van der Waals surface area contributed by atoms with Crippen LogP contribution in [0.3, 0.4) is 0 Å². The van der Waals surface area contributed by atoms with E-state index in [1.54, 1.807) is 22.3 Å². The molecule has 0 bridgehead atoms. The average Bonchev–Trinajstić information content (AvgIpc) is 3.29. The van der Waals surface area contributed by atoms with Gasteiger partial charge in [0.25, 0.3) is 5.91 Å². The Morgan fingerprint density at radius 3 is 2.39 bits per heavy atom. The van der Waals surface area contributed by atoms with Crippen LogP contribution in [0.2, 0.25) is 0 Å². The highest BCUT2D eigenvalue weighted by Gasteiger charge is 2.32. The van der Waals surface area contributed by atoms with E-state index >= 15 is 0 Å². The lowest BCUT2D eigenvalue weighted by atomic mass is 9.96. The summed E-state index contributed by atoms with van der Waals surface area (Å²) in [6.07, 6.45) is 5.15. The van der Waals surface area contributed by atoms with E-state index in [-0.39, 0.29) is 11.9 Å². The Hall–Kier alpha value is -1.71. The number of hydrogen-bond acceptors (Lipinski definition) is 5. The molecule has 0 aromatic carbocycles. The van der Waals surface area contributed by atoms with E-state index in [0.29, 0.717) is 39.3 Å². The second-order valence-electron chi connectivity index (χ2n) is 8.26. The van der Waals surface area contributed by atoms with Crippen LogP contribution in [-0.4, -0.2) is 59.3 Å². The van der Waals surface area contributed by atoms with Crippen molar-refractivity contribution in [3.63, 3.8) is 0 Å². The molecule has 1 saturated carbocycles. The van der Waals surface area contributed by atoms with Gasteiger partial charge in [-0.25, -0.2) is 13.4 Å². The van der Waals surface area contributed by atoms with Gasteiger partial charge < -0.3 is 9.47 Å². The molecule has 1 amide bonds. The van der Waals surface area contributed by atoms with Crippen molar-refractivity contribution >= 4 is 27.3 Å². The van der Waals surface area contributed by atoms with Crippen molar-refractivity contribution in [1.29, 1.82) is 0 Å². The molecule has 0 radical (unpaired) electrons. The normalized spacial score (nSPS) is 15.6. The molecule has 2 aromatic heterocycles.